The highest BCUT2D eigenvalue weighted by Gasteiger charge is 1.99. The van der Waals surface area contributed by atoms with E-state index in [0.29, 0.717) is 16.5 Å². The van der Waals surface area contributed by atoms with E-state index in [9.17, 15) is 4.79 Å². The summed E-state index contributed by atoms with van der Waals surface area (Å²) in [5, 5.41) is 10.6. The minimum Gasteiger partial charge on any atom is -0.260 e. The Morgan fingerprint density at radius 2 is 2.11 bits per heavy atom. The Balaban J connectivity index is 2.09. The number of rotatable bonds is 3. The number of hydrazone groups is 1. The largest absolute Gasteiger partial charge is 0.363 e. The molecule has 0 saturated carbocycles. The first-order valence-corrected chi connectivity index (χ1v) is 5.51. The van der Waals surface area contributed by atoms with Crippen molar-refractivity contribution in [1.82, 2.24) is 15.2 Å². The standard InChI is InChI=1S/C11H10ClN5O/c1-7-10(14-11(18)17-15-7)16-13-6-8-2-4-9(12)5-3-8/h2-6H,1H3,(H2,14,16,17,18)/b13-6-. The molecule has 0 radical (unpaired) electrons. The zero-order valence-electron chi connectivity index (χ0n) is 9.51. The zero-order valence-corrected chi connectivity index (χ0v) is 10.3. The molecule has 2 rings (SSSR count). The minimum atomic E-state index is -0.523. The molecule has 1 heterocycles. The number of hydrogen-bond donors (Lipinski definition) is 2. The van der Waals surface area contributed by atoms with Crippen LogP contribution in [0, 0.1) is 6.92 Å². The number of hydrogen-bond acceptors (Lipinski definition) is 5. The molecule has 0 atom stereocenters. The Morgan fingerprint density at radius 3 is 2.83 bits per heavy atom. The molecule has 0 bridgehead atoms. The fourth-order valence-corrected chi connectivity index (χ4v) is 1.34. The number of nitrogens with one attached hydrogen (secondary N) is 2. The minimum absolute atomic E-state index is 0.323. The van der Waals surface area contributed by atoms with Gasteiger partial charge in [0.05, 0.1) is 6.21 Å². The second-order valence-corrected chi connectivity index (χ2v) is 3.93. The highest BCUT2D eigenvalue weighted by Crippen LogP contribution is 2.08. The summed E-state index contributed by atoms with van der Waals surface area (Å²) in [4.78, 5) is 14.7. The van der Waals surface area contributed by atoms with Gasteiger partial charge in [-0.05, 0) is 24.6 Å². The molecule has 92 valence electrons. The lowest BCUT2D eigenvalue weighted by molar-refractivity contribution is 0.879. The van der Waals surface area contributed by atoms with Crippen molar-refractivity contribution in [1.29, 1.82) is 0 Å². The molecule has 0 aliphatic carbocycles. The molecule has 6 nitrogen and oxygen atoms in total. The van der Waals surface area contributed by atoms with Gasteiger partial charge in [0.2, 0.25) is 0 Å². The van der Waals surface area contributed by atoms with Gasteiger partial charge in [0, 0.05) is 5.02 Å². The predicted molar refractivity (Wildman–Crippen MR) is 70.1 cm³/mol. The van der Waals surface area contributed by atoms with Gasteiger partial charge >= 0.3 is 5.69 Å². The third-order valence-corrected chi connectivity index (χ3v) is 2.38. The van der Waals surface area contributed by atoms with Gasteiger partial charge < -0.3 is 0 Å². The quantitative estimate of drug-likeness (QED) is 0.650. The lowest BCUT2D eigenvalue weighted by Gasteiger charge is -2.00. The van der Waals surface area contributed by atoms with E-state index in [1.165, 1.54) is 0 Å². The van der Waals surface area contributed by atoms with E-state index in [1.54, 1.807) is 25.3 Å². The van der Waals surface area contributed by atoms with Crippen molar-refractivity contribution in [3.05, 3.63) is 51.0 Å². The smallest absolute Gasteiger partial charge is 0.260 e. The summed E-state index contributed by atoms with van der Waals surface area (Å²) in [5.41, 5.74) is 3.57. The Morgan fingerprint density at radius 1 is 1.39 bits per heavy atom. The van der Waals surface area contributed by atoms with Crippen LogP contribution in [-0.2, 0) is 0 Å². The summed E-state index contributed by atoms with van der Waals surface area (Å²) in [6.45, 7) is 1.71. The Bertz CT molecular complexity index is 620. The van der Waals surface area contributed by atoms with E-state index in [0.717, 1.165) is 5.56 Å². The van der Waals surface area contributed by atoms with Crippen LogP contribution in [0.3, 0.4) is 0 Å². The van der Waals surface area contributed by atoms with Crippen molar-refractivity contribution < 1.29 is 0 Å². The van der Waals surface area contributed by atoms with Gasteiger partial charge in [0.15, 0.2) is 5.82 Å². The molecule has 2 aromatic rings. The van der Waals surface area contributed by atoms with Crippen LogP contribution < -0.4 is 11.1 Å². The maximum atomic E-state index is 11.0. The second kappa shape index (κ2) is 5.42. The molecule has 2 N–H and O–H groups in total. The molecular weight excluding hydrogens is 254 g/mol. The molecule has 0 fully saturated rings. The average molecular weight is 264 g/mol. The number of nitrogens with zero attached hydrogens (tertiary/aromatic N) is 3. The van der Waals surface area contributed by atoms with E-state index < -0.39 is 5.69 Å². The number of anilines is 1. The number of benzene rings is 1. The van der Waals surface area contributed by atoms with E-state index in [4.69, 9.17) is 11.6 Å². The molecule has 0 spiro atoms. The molecular formula is C11H10ClN5O. The number of aryl methyl sites for hydroxylation is 1. The van der Waals surface area contributed by atoms with Crippen LogP contribution in [0.5, 0.6) is 0 Å². The number of halogens is 1. The van der Waals surface area contributed by atoms with Crippen molar-refractivity contribution in [2.75, 3.05) is 5.43 Å². The summed E-state index contributed by atoms with van der Waals surface area (Å²) in [6, 6.07) is 7.18. The summed E-state index contributed by atoms with van der Waals surface area (Å²) in [7, 11) is 0. The molecule has 0 aliphatic heterocycles. The van der Waals surface area contributed by atoms with Crippen LogP contribution >= 0.6 is 11.6 Å². The first-order valence-electron chi connectivity index (χ1n) is 5.13. The lowest BCUT2D eigenvalue weighted by Crippen LogP contribution is -2.15. The van der Waals surface area contributed by atoms with Gasteiger partial charge in [-0.3, -0.25) is 5.43 Å². The summed E-state index contributed by atoms with van der Waals surface area (Å²) in [5.74, 6) is 0.323. The van der Waals surface area contributed by atoms with Crippen LogP contribution in [0.1, 0.15) is 11.3 Å². The summed E-state index contributed by atoms with van der Waals surface area (Å²) in [6.07, 6.45) is 1.60. The monoisotopic (exact) mass is 263 g/mol. The molecule has 0 amide bonds. The molecule has 18 heavy (non-hydrogen) atoms. The number of aromatic amines is 1. The first-order chi connectivity index (χ1) is 8.65. The summed E-state index contributed by atoms with van der Waals surface area (Å²) >= 11 is 5.76. The second-order valence-electron chi connectivity index (χ2n) is 3.50. The Labute approximate surface area is 108 Å². The van der Waals surface area contributed by atoms with E-state index >= 15 is 0 Å². The van der Waals surface area contributed by atoms with Gasteiger partial charge in [-0.15, -0.1) is 0 Å². The third-order valence-electron chi connectivity index (χ3n) is 2.13. The van der Waals surface area contributed by atoms with Crippen LogP contribution in [-0.4, -0.2) is 21.4 Å². The first kappa shape index (κ1) is 12.3. The molecule has 7 heteroatoms. The normalized spacial score (nSPS) is 10.8. The van der Waals surface area contributed by atoms with Crippen molar-refractivity contribution in [3.63, 3.8) is 0 Å². The van der Waals surface area contributed by atoms with Crippen molar-refractivity contribution in [2.24, 2.45) is 5.10 Å². The Kier molecular flexibility index (Phi) is 3.69. The van der Waals surface area contributed by atoms with Crippen molar-refractivity contribution in [3.8, 4) is 0 Å². The molecule has 0 saturated heterocycles. The van der Waals surface area contributed by atoms with Gasteiger partial charge in [-0.1, -0.05) is 23.7 Å². The maximum Gasteiger partial charge on any atom is 0.363 e. The van der Waals surface area contributed by atoms with Crippen LogP contribution in [0.4, 0.5) is 5.82 Å². The average Bonchev–Trinajstić information content (AvgIpc) is 2.36. The highest BCUT2D eigenvalue weighted by molar-refractivity contribution is 6.30. The maximum absolute atomic E-state index is 11.0. The van der Waals surface area contributed by atoms with Gasteiger partial charge in [0.25, 0.3) is 0 Å². The van der Waals surface area contributed by atoms with Crippen LogP contribution in [0.15, 0.2) is 34.2 Å². The lowest BCUT2D eigenvalue weighted by atomic mass is 10.2. The van der Waals surface area contributed by atoms with Crippen LogP contribution in [0.25, 0.3) is 0 Å². The third kappa shape index (κ3) is 3.14. The molecule has 0 unspecified atom stereocenters. The molecule has 1 aromatic heterocycles. The van der Waals surface area contributed by atoms with Gasteiger partial charge in [-0.2, -0.15) is 15.2 Å². The van der Waals surface area contributed by atoms with E-state index in [1.807, 2.05) is 12.1 Å². The van der Waals surface area contributed by atoms with Crippen LogP contribution in [0.2, 0.25) is 5.02 Å². The molecule has 0 aliphatic rings. The number of aromatic nitrogens is 3. The van der Waals surface area contributed by atoms with Gasteiger partial charge in [-0.25, -0.2) is 9.89 Å². The molecule has 1 aromatic carbocycles. The topological polar surface area (TPSA) is 83.0 Å². The summed E-state index contributed by atoms with van der Waals surface area (Å²) < 4.78 is 0. The van der Waals surface area contributed by atoms with Crippen molar-refractivity contribution in [2.45, 2.75) is 6.92 Å². The van der Waals surface area contributed by atoms with Crippen molar-refractivity contribution >= 4 is 23.6 Å². The van der Waals surface area contributed by atoms with E-state index in [2.05, 4.69) is 25.7 Å². The zero-order chi connectivity index (χ0) is 13.0. The predicted octanol–water partition coefficient (Wildman–Crippen LogP) is 1.57. The highest BCUT2D eigenvalue weighted by atomic mass is 35.5. The fourth-order valence-electron chi connectivity index (χ4n) is 1.21. The van der Waals surface area contributed by atoms with E-state index in [-0.39, 0.29) is 0 Å². The Hall–Kier alpha value is -2.21. The number of H-pyrrole nitrogens is 1. The fraction of sp³-hybridized carbons (Fsp3) is 0.0909. The van der Waals surface area contributed by atoms with Gasteiger partial charge in [0.1, 0.15) is 5.69 Å². The SMILES string of the molecule is Cc1n[nH]c(=O)nc1N/N=C\c1ccc(Cl)cc1.